The summed E-state index contributed by atoms with van der Waals surface area (Å²) in [7, 11) is 0. The van der Waals surface area contributed by atoms with Gasteiger partial charge in [0.1, 0.15) is 24.4 Å². The minimum absolute atomic E-state index is 0.221. The summed E-state index contributed by atoms with van der Waals surface area (Å²) in [5.74, 6) is 0. The molecule has 1 aliphatic rings. The molecule has 0 aliphatic carbocycles. The van der Waals surface area contributed by atoms with Gasteiger partial charge in [0.15, 0.2) is 0 Å². The van der Waals surface area contributed by atoms with Crippen LogP contribution in [0.1, 0.15) is 110 Å². The quantitative estimate of drug-likeness (QED) is 0.176. The van der Waals surface area contributed by atoms with Gasteiger partial charge < -0.3 is 24.8 Å². The summed E-state index contributed by atoms with van der Waals surface area (Å²) in [6, 6.07) is 0. The SMILES string of the molecule is CCCCCCC/C=C/CCCCCCCCCCCO[C@@H]1CO[C@@H](CO)[C@H](O)[C@H]1O. The molecule has 0 spiro atoms. The van der Waals surface area contributed by atoms with E-state index in [1.54, 1.807) is 0 Å². The Kier molecular flexibility index (Phi) is 18.6. The lowest BCUT2D eigenvalue weighted by Gasteiger charge is -2.36. The van der Waals surface area contributed by atoms with Crippen molar-refractivity contribution in [1.29, 1.82) is 0 Å². The molecule has 184 valence electrons. The zero-order valence-electron chi connectivity index (χ0n) is 20.1. The van der Waals surface area contributed by atoms with Crippen molar-refractivity contribution in [2.24, 2.45) is 0 Å². The minimum Gasteiger partial charge on any atom is -0.394 e. The monoisotopic (exact) mass is 442 g/mol. The number of hydrogen-bond donors (Lipinski definition) is 3. The van der Waals surface area contributed by atoms with Gasteiger partial charge in [0.25, 0.3) is 0 Å². The molecule has 4 atom stereocenters. The molecule has 0 aromatic heterocycles. The van der Waals surface area contributed by atoms with Gasteiger partial charge >= 0.3 is 0 Å². The molecular formula is C26H50O5. The molecule has 1 rings (SSSR count). The van der Waals surface area contributed by atoms with Crippen LogP contribution in [-0.2, 0) is 9.47 Å². The first-order valence-corrected chi connectivity index (χ1v) is 13.1. The summed E-state index contributed by atoms with van der Waals surface area (Å²) >= 11 is 0. The Balaban J connectivity index is 1.80. The molecule has 0 radical (unpaired) electrons. The van der Waals surface area contributed by atoms with Crippen molar-refractivity contribution >= 4 is 0 Å². The molecule has 31 heavy (non-hydrogen) atoms. The number of rotatable bonds is 20. The maximum Gasteiger partial charge on any atom is 0.111 e. The van der Waals surface area contributed by atoms with Crippen LogP contribution < -0.4 is 0 Å². The third-order valence-electron chi connectivity index (χ3n) is 6.25. The second-order valence-electron chi connectivity index (χ2n) is 9.09. The van der Waals surface area contributed by atoms with E-state index in [4.69, 9.17) is 14.6 Å². The summed E-state index contributed by atoms with van der Waals surface area (Å²) in [5, 5.41) is 28.9. The highest BCUT2D eigenvalue weighted by Gasteiger charge is 2.38. The van der Waals surface area contributed by atoms with E-state index in [9.17, 15) is 10.2 Å². The van der Waals surface area contributed by atoms with Crippen molar-refractivity contribution in [3.8, 4) is 0 Å². The Morgan fingerprint density at radius 3 is 1.81 bits per heavy atom. The van der Waals surface area contributed by atoms with E-state index in [1.165, 1.54) is 89.9 Å². The van der Waals surface area contributed by atoms with Crippen LogP contribution in [0.5, 0.6) is 0 Å². The first kappa shape index (κ1) is 28.6. The number of allylic oxidation sites excluding steroid dienone is 2. The van der Waals surface area contributed by atoms with Gasteiger partial charge in [0.05, 0.1) is 13.2 Å². The Morgan fingerprint density at radius 1 is 0.742 bits per heavy atom. The molecule has 0 bridgehead atoms. The van der Waals surface area contributed by atoms with E-state index in [2.05, 4.69) is 19.1 Å². The van der Waals surface area contributed by atoms with E-state index in [0.717, 1.165) is 12.8 Å². The normalized spacial score (nSPS) is 24.3. The zero-order chi connectivity index (χ0) is 22.6. The lowest BCUT2D eigenvalue weighted by molar-refractivity contribution is -0.208. The minimum atomic E-state index is -1.08. The molecular weight excluding hydrogens is 392 g/mol. The summed E-state index contributed by atoms with van der Waals surface area (Å²) in [5.41, 5.74) is 0. The van der Waals surface area contributed by atoms with Gasteiger partial charge in [-0.15, -0.1) is 0 Å². The third kappa shape index (κ3) is 14.3. The van der Waals surface area contributed by atoms with E-state index in [0.29, 0.717) is 6.61 Å². The highest BCUT2D eigenvalue weighted by molar-refractivity contribution is 4.87. The number of aliphatic hydroxyl groups excluding tert-OH is 3. The Labute approximate surface area is 191 Å². The second kappa shape index (κ2) is 20.2. The van der Waals surface area contributed by atoms with E-state index in [-0.39, 0.29) is 13.2 Å². The maximum atomic E-state index is 10.0. The van der Waals surface area contributed by atoms with Crippen LogP contribution in [0.25, 0.3) is 0 Å². The molecule has 5 heteroatoms. The lowest BCUT2D eigenvalue weighted by Crippen LogP contribution is -2.55. The van der Waals surface area contributed by atoms with Crippen molar-refractivity contribution in [3.63, 3.8) is 0 Å². The number of aliphatic hydroxyl groups is 3. The van der Waals surface area contributed by atoms with Crippen molar-refractivity contribution in [2.75, 3.05) is 19.8 Å². The third-order valence-corrected chi connectivity index (χ3v) is 6.25. The molecule has 5 nitrogen and oxygen atoms in total. The topological polar surface area (TPSA) is 79.2 Å². The van der Waals surface area contributed by atoms with Gasteiger partial charge in [-0.1, -0.05) is 89.7 Å². The van der Waals surface area contributed by atoms with Gasteiger partial charge in [-0.25, -0.2) is 0 Å². The average molecular weight is 443 g/mol. The Hall–Kier alpha value is -0.460. The van der Waals surface area contributed by atoms with Crippen LogP contribution in [0.4, 0.5) is 0 Å². The lowest BCUT2D eigenvalue weighted by atomic mass is 10.0. The summed E-state index contributed by atoms with van der Waals surface area (Å²) in [4.78, 5) is 0. The molecule has 0 saturated carbocycles. The molecule has 0 unspecified atom stereocenters. The standard InChI is InChI=1S/C26H50O5/c1-2-3-4-5-6-7-8-9-10-11-12-13-14-15-16-17-18-19-20-30-24-22-31-23(21-27)25(28)26(24)29/h8-9,23-29H,2-7,10-22H2,1H3/b9-8+/t23-,24+,25-,26-/m0/s1. The summed E-state index contributed by atoms with van der Waals surface area (Å²) in [6.45, 7) is 2.77. The molecule has 1 saturated heterocycles. The molecule has 1 aliphatic heterocycles. The van der Waals surface area contributed by atoms with E-state index in [1.807, 2.05) is 0 Å². The van der Waals surface area contributed by atoms with Gasteiger partial charge in [0, 0.05) is 6.61 Å². The first-order valence-electron chi connectivity index (χ1n) is 13.1. The Bertz CT molecular complexity index is 415. The van der Waals surface area contributed by atoms with Gasteiger partial charge in [-0.05, 0) is 32.1 Å². The number of hydrogen-bond acceptors (Lipinski definition) is 5. The van der Waals surface area contributed by atoms with Gasteiger partial charge in [0.2, 0.25) is 0 Å². The molecule has 3 N–H and O–H groups in total. The fourth-order valence-electron chi connectivity index (χ4n) is 4.10. The maximum absolute atomic E-state index is 10.0. The van der Waals surface area contributed by atoms with Crippen molar-refractivity contribution < 1.29 is 24.8 Å². The number of unbranched alkanes of at least 4 members (excludes halogenated alkanes) is 14. The fraction of sp³-hybridized carbons (Fsp3) is 0.923. The highest BCUT2D eigenvalue weighted by atomic mass is 16.6. The van der Waals surface area contributed by atoms with Crippen molar-refractivity contribution in [1.82, 2.24) is 0 Å². The van der Waals surface area contributed by atoms with Crippen LogP contribution in [0.3, 0.4) is 0 Å². The predicted molar refractivity (Wildman–Crippen MR) is 127 cm³/mol. The van der Waals surface area contributed by atoms with Gasteiger partial charge in [-0.2, -0.15) is 0 Å². The number of ether oxygens (including phenoxy) is 2. The van der Waals surface area contributed by atoms with Crippen LogP contribution in [0, 0.1) is 0 Å². The molecule has 0 aromatic rings. The van der Waals surface area contributed by atoms with Crippen molar-refractivity contribution in [2.45, 2.75) is 134 Å². The zero-order valence-corrected chi connectivity index (χ0v) is 20.1. The van der Waals surface area contributed by atoms with Crippen LogP contribution in [0.15, 0.2) is 12.2 Å². The predicted octanol–water partition coefficient (Wildman–Crippen LogP) is 5.30. The average Bonchev–Trinajstić information content (AvgIpc) is 2.78. The smallest absolute Gasteiger partial charge is 0.111 e. The van der Waals surface area contributed by atoms with E-state index >= 15 is 0 Å². The fourth-order valence-corrected chi connectivity index (χ4v) is 4.10. The van der Waals surface area contributed by atoms with Crippen LogP contribution in [-0.4, -0.2) is 59.6 Å². The van der Waals surface area contributed by atoms with Crippen LogP contribution >= 0.6 is 0 Å². The van der Waals surface area contributed by atoms with Crippen LogP contribution in [0.2, 0.25) is 0 Å². The van der Waals surface area contributed by atoms with Gasteiger partial charge in [-0.3, -0.25) is 0 Å². The van der Waals surface area contributed by atoms with E-state index < -0.39 is 24.4 Å². The highest BCUT2D eigenvalue weighted by Crippen LogP contribution is 2.18. The molecule has 1 fully saturated rings. The second-order valence-corrected chi connectivity index (χ2v) is 9.09. The Morgan fingerprint density at radius 2 is 1.26 bits per heavy atom. The largest absolute Gasteiger partial charge is 0.394 e. The summed E-state index contributed by atoms with van der Waals surface area (Å²) in [6.07, 6.45) is 22.1. The molecule has 0 amide bonds. The molecule has 1 heterocycles. The summed E-state index contributed by atoms with van der Waals surface area (Å²) < 4.78 is 11.0. The van der Waals surface area contributed by atoms with Crippen molar-refractivity contribution in [3.05, 3.63) is 12.2 Å². The first-order chi connectivity index (χ1) is 15.2. The molecule has 0 aromatic carbocycles.